The molecule has 0 saturated carbocycles. The third kappa shape index (κ3) is 7.18. The molecule has 0 fully saturated rings. The third-order valence-electron chi connectivity index (χ3n) is 6.20. The Kier molecular flexibility index (Phi) is 9.29. The SMILES string of the molecule is CCCCN(Cc1ccc(C(=O)NCc2cccc(CN)c2)cc1)c1nc(-c2ccc(OC)cc2)cs1. The van der Waals surface area contributed by atoms with E-state index in [0.29, 0.717) is 18.7 Å². The number of aromatic nitrogens is 1. The molecule has 37 heavy (non-hydrogen) atoms. The summed E-state index contributed by atoms with van der Waals surface area (Å²) in [5.74, 6) is 0.748. The van der Waals surface area contributed by atoms with Crippen LogP contribution < -0.4 is 20.7 Å². The first kappa shape index (κ1) is 26.4. The van der Waals surface area contributed by atoms with Crippen LogP contribution in [0, 0.1) is 0 Å². The summed E-state index contributed by atoms with van der Waals surface area (Å²) >= 11 is 1.66. The smallest absolute Gasteiger partial charge is 0.251 e. The molecule has 0 aliphatic heterocycles. The topological polar surface area (TPSA) is 80.5 Å². The van der Waals surface area contributed by atoms with Crippen molar-refractivity contribution in [3.8, 4) is 17.0 Å². The fraction of sp³-hybridized carbons (Fsp3) is 0.267. The minimum atomic E-state index is -0.0865. The molecular formula is C30H34N4O2S. The van der Waals surface area contributed by atoms with Gasteiger partial charge in [0.05, 0.1) is 12.8 Å². The lowest BCUT2D eigenvalue weighted by molar-refractivity contribution is 0.0951. The molecule has 0 unspecified atom stereocenters. The number of methoxy groups -OCH3 is 1. The maximum atomic E-state index is 12.7. The van der Waals surface area contributed by atoms with E-state index in [4.69, 9.17) is 15.5 Å². The number of unbranched alkanes of at least 4 members (excludes halogenated alkanes) is 1. The molecule has 1 heterocycles. The molecule has 0 aliphatic rings. The summed E-state index contributed by atoms with van der Waals surface area (Å²) in [6.45, 7) is 4.82. The highest BCUT2D eigenvalue weighted by molar-refractivity contribution is 7.14. The van der Waals surface area contributed by atoms with Crippen LogP contribution in [0.5, 0.6) is 5.75 Å². The third-order valence-corrected chi connectivity index (χ3v) is 7.10. The van der Waals surface area contributed by atoms with Crippen LogP contribution in [0.15, 0.2) is 78.2 Å². The normalized spacial score (nSPS) is 10.8. The Morgan fingerprint density at radius 2 is 1.78 bits per heavy atom. The van der Waals surface area contributed by atoms with E-state index in [1.54, 1.807) is 18.4 Å². The molecule has 0 saturated heterocycles. The Morgan fingerprint density at radius 3 is 2.49 bits per heavy atom. The van der Waals surface area contributed by atoms with Crippen molar-refractivity contribution in [3.05, 3.63) is 100 Å². The van der Waals surface area contributed by atoms with Gasteiger partial charge in [0.1, 0.15) is 5.75 Å². The van der Waals surface area contributed by atoms with Gasteiger partial charge in [-0.1, -0.05) is 49.7 Å². The van der Waals surface area contributed by atoms with Gasteiger partial charge in [-0.2, -0.15) is 0 Å². The van der Waals surface area contributed by atoms with Crippen LogP contribution in [-0.2, 0) is 19.6 Å². The van der Waals surface area contributed by atoms with Crippen LogP contribution in [0.25, 0.3) is 11.3 Å². The molecule has 6 nitrogen and oxygen atoms in total. The molecule has 3 N–H and O–H groups in total. The molecule has 1 amide bonds. The number of thiazole rings is 1. The van der Waals surface area contributed by atoms with Gasteiger partial charge >= 0.3 is 0 Å². The average Bonchev–Trinajstić information content (AvgIpc) is 3.45. The summed E-state index contributed by atoms with van der Waals surface area (Å²) in [7, 11) is 1.67. The van der Waals surface area contributed by atoms with Gasteiger partial charge in [0, 0.05) is 42.7 Å². The summed E-state index contributed by atoms with van der Waals surface area (Å²) in [5.41, 5.74) is 11.6. The van der Waals surface area contributed by atoms with E-state index in [1.165, 1.54) is 0 Å². The van der Waals surface area contributed by atoms with Crippen LogP contribution >= 0.6 is 11.3 Å². The molecule has 0 spiro atoms. The van der Waals surface area contributed by atoms with E-state index in [9.17, 15) is 4.79 Å². The standard InChI is InChI=1S/C30H34N4O2S/c1-3-4-16-34(30-33-28(21-37-30)25-12-14-27(36-2)15-13-25)20-22-8-10-26(11-9-22)29(35)32-19-24-7-5-6-23(17-24)18-31/h5-15,17,21H,3-4,16,18-20,31H2,1-2H3,(H,32,35). The Balaban J connectivity index is 1.40. The number of benzene rings is 3. The van der Waals surface area contributed by atoms with Crippen molar-refractivity contribution in [3.63, 3.8) is 0 Å². The zero-order valence-corrected chi connectivity index (χ0v) is 22.3. The van der Waals surface area contributed by atoms with Crippen LogP contribution in [0.2, 0.25) is 0 Å². The zero-order valence-electron chi connectivity index (χ0n) is 21.4. The molecule has 7 heteroatoms. The lowest BCUT2D eigenvalue weighted by atomic mass is 10.1. The number of carbonyl (C=O) groups excluding carboxylic acids is 1. The molecule has 4 rings (SSSR count). The Labute approximate surface area is 223 Å². The van der Waals surface area contributed by atoms with Crippen molar-refractivity contribution in [2.75, 3.05) is 18.6 Å². The molecule has 0 aliphatic carbocycles. The number of hydrogen-bond acceptors (Lipinski definition) is 6. The second kappa shape index (κ2) is 13.0. The average molecular weight is 515 g/mol. The first-order valence-electron chi connectivity index (χ1n) is 12.6. The van der Waals surface area contributed by atoms with E-state index in [1.807, 2.05) is 72.8 Å². The minimum absolute atomic E-state index is 0.0865. The summed E-state index contributed by atoms with van der Waals surface area (Å²) in [6.07, 6.45) is 2.20. The zero-order chi connectivity index (χ0) is 26.0. The van der Waals surface area contributed by atoms with Gasteiger partial charge in [0.15, 0.2) is 5.13 Å². The predicted molar refractivity (Wildman–Crippen MR) is 152 cm³/mol. The summed E-state index contributed by atoms with van der Waals surface area (Å²) < 4.78 is 5.27. The van der Waals surface area contributed by atoms with Crippen molar-refractivity contribution in [1.82, 2.24) is 10.3 Å². The number of nitrogens with one attached hydrogen (secondary N) is 1. The number of rotatable bonds is 12. The van der Waals surface area contributed by atoms with Crippen LogP contribution in [0.3, 0.4) is 0 Å². The van der Waals surface area contributed by atoms with Gasteiger partial charge in [-0.15, -0.1) is 11.3 Å². The van der Waals surface area contributed by atoms with Crippen LogP contribution in [0.4, 0.5) is 5.13 Å². The van der Waals surface area contributed by atoms with Gasteiger partial charge in [0.25, 0.3) is 5.91 Å². The van der Waals surface area contributed by atoms with Crippen molar-refractivity contribution < 1.29 is 9.53 Å². The fourth-order valence-corrected chi connectivity index (χ4v) is 4.89. The van der Waals surface area contributed by atoms with Crippen molar-refractivity contribution in [2.45, 2.75) is 39.4 Å². The summed E-state index contributed by atoms with van der Waals surface area (Å²) in [6, 6.07) is 23.8. The van der Waals surface area contributed by atoms with Gasteiger partial charge < -0.3 is 20.7 Å². The number of nitrogens with two attached hydrogens (primary N) is 1. The molecule has 0 bridgehead atoms. The number of ether oxygens (including phenoxy) is 1. The Bertz CT molecular complexity index is 1290. The van der Waals surface area contributed by atoms with Gasteiger partial charge in [0.2, 0.25) is 0 Å². The second-order valence-corrected chi connectivity index (χ2v) is 9.76. The Morgan fingerprint density at radius 1 is 1.03 bits per heavy atom. The van der Waals surface area contributed by atoms with Crippen LogP contribution in [-0.4, -0.2) is 24.5 Å². The van der Waals surface area contributed by atoms with Crippen molar-refractivity contribution in [2.24, 2.45) is 5.73 Å². The fourth-order valence-electron chi connectivity index (χ4n) is 4.03. The Hall–Kier alpha value is -3.68. The molecule has 3 aromatic carbocycles. The number of nitrogens with zero attached hydrogens (tertiary/aromatic N) is 2. The molecule has 0 radical (unpaired) electrons. The second-order valence-electron chi connectivity index (χ2n) is 8.92. The van der Waals surface area contributed by atoms with E-state index in [-0.39, 0.29) is 5.91 Å². The number of amides is 1. The van der Waals surface area contributed by atoms with Crippen LogP contribution in [0.1, 0.15) is 46.8 Å². The first-order chi connectivity index (χ1) is 18.1. The van der Waals surface area contributed by atoms with Crippen molar-refractivity contribution >= 4 is 22.4 Å². The summed E-state index contributed by atoms with van der Waals surface area (Å²) in [5, 5.41) is 6.10. The van der Waals surface area contributed by atoms with E-state index in [0.717, 1.165) is 64.8 Å². The molecule has 1 aromatic heterocycles. The van der Waals surface area contributed by atoms with E-state index >= 15 is 0 Å². The number of hydrogen-bond donors (Lipinski definition) is 2. The van der Waals surface area contributed by atoms with Gasteiger partial charge in [-0.05, 0) is 59.5 Å². The minimum Gasteiger partial charge on any atom is -0.497 e. The molecule has 4 aromatic rings. The first-order valence-corrected chi connectivity index (χ1v) is 13.5. The quantitative estimate of drug-likeness (QED) is 0.242. The lowest BCUT2D eigenvalue weighted by Crippen LogP contribution is -2.24. The number of anilines is 1. The van der Waals surface area contributed by atoms with Crippen molar-refractivity contribution in [1.29, 1.82) is 0 Å². The summed E-state index contributed by atoms with van der Waals surface area (Å²) in [4.78, 5) is 19.9. The largest absolute Gasteiger partial charge is 0.497 e. The lowest BCUT2D eigenvalue weighted by Gasteiger charge is -2.22. The monoisotopic (exact) mass is 514 g/mol. The molecule has 192 valence electrons. The predicted octanol–water partition coefficient (Wildman–Crippen LogP) is 6.01. The molecular weight excluding hydrogens is 480 g/mol. The van der Waals surface area contributed by atoms with E-state index < -0.39 is 0 Å². The molecule has 0 atom stereocenters. The van der Waals surface area contributed by atoms with Gasteiger partial charge in [-0.25, -0.2) is 4.98 Å². The van der Waals surface area contributed by atoms with Gasteiger partial charge in [-0.3, -0.25) is 4.79 Å². The van der Waals surface area contributed by atoms with E-state index in [2.05, 4.69) is 22.5 Å². The highest BCUT2D eigenvalue weighted by atomic mass is 32.1. The maximum Gasteiger partial charge on any atom is 0.251 e. The maximum absolute atomic E-state index is 12.7. The highest BCUT2D eigenvalue weighted by Crippen LogP contribution is 2.29. The highest BCUT2D eigenvalue weighted by Gasteiger charge is 2.14. The number of carbonyl (C=O) groups is 1.